The summed E-state index contributed by atoms with van der Waals surface area (Å²) < 4.78 is 0. The largest absolute Gasteiger partial charge is 0.310 e. The zero-order valence-corrected chi connectivity index (χ0v) is 15.6. The van der Waals surface area contributed by atoms with Crippen LogP contribution in [0.2, 0.25) is 5.02 Å². The van der Waals surface area contributed by atoms with Gasteiger partial charge in [-0.1, -0.05) is 72.3 Å². The molecule has 4 rings (SSSR count). The summed E-state index contributed by atoms with van der Waals surface area (Å²) in [6.45, 7) is 0.736. The van der Waals surface area contributed by atoms with Gasteiger partial charge in [0, 0.05) is 22.7 Å². The first-order valence-electron chi connectivity index (χ1n) is 8.96. The van der Waals surface area contributed by atoms with E-state index >= 15 is 0 Å². The van der Waals surface area contributed by atoms with E-state index in [9.17, 15) is 4.79 Å². The number of rotatable bonds is 4. The summed E-state index contributed by atoms with van der Waals surface area (Å²) in [5.74, 6) is 0.000402. The van der Waals surface area contributed by atoms with Crippen LogP contribution in [0.15, 0.2) is 83.9 Å². The number of fused-ring (bicyclic) bond motifs is 1. The first kappa shape index (κ1) is 17.5. The van der Waals surface area contributed by atoms with E-state index in [1.54, 1.807) is 0 Å². The van der Waals surface area contributed by atoms with E-state index < -0.39 is 0 Å². The van der Waals surface area contributed by atoms with Crippen LogP contribution in [0.3, 0.4) is 0 Å². The zero-order valence-electron chi connectivity index (χ0n) is 14.8. The second-order valence-electron chi connectivity index (χ2n) is 6.47. The van der Waals surface area contributed by atoms with Gasteiger partial charge in [0.05, 0.1) is 11.4 Å². The van der Waals surface area contributed by atoms with Crippen molar-refractivity contribution in [1.82, 2.24) is 0 Å². The molecular formula is C23H19ClN2O. The van der Waals surface area contributed by atoms with Crippen LogP contribution in [0.5, 0.6) is 0 Å². The third kappa shape index (κ3) is 3.79. The Labute approximate surface area is 163 Å². The van der Waals surface area contributed by atoms with Gasteiger partial charge < -0.3 is 4.90 Å². The van der Waals surface area contributed by atoms with Gasteiger partial charge in [-0.2, -0.15) is 0 Å². The maximum Gasteiger partial charge on any atom is 0.248 e. The van der Waals surface area contributed by atoms with Gasteiger partial charge in [0.1, 0.15) is 6.54 Å². The summed E-state index contributed by atoms with van der Waals surface area (Å²) in [6.07, 6.45) is 0.787. The molecular weight excluding hydrogens is 356 g/mol. The van der Waals surface area contributed by atoms with Crippen molar-refractivity contribution in [1.29, 1.82) is 0 Å². The van der Waals surface area contributed by atoms with E-state index in [1.165, 1.54) is 5.56 Å². The van der Waals surface area contributed by atoms with Crippen molar-refractivity contribution >= 4 is 28.9 Å². The highest BCUT2D eigenvalue weighted by atomic mass is 35.5. The average Bonchev–Trinajstić information content (AvgIpc) is 2.84. The molecule has 1 amide bonds. The molecule has 0 saturated heterocycles. The van der Waals surface area contributed by atoms with Crippen molar-refractivity contribution in [3.05, 3.63) is 101 Å². The van der Waals surface area contributed by atoms with E-state index in [0.29, 0.717) is 11.6 Å². The van der Waals surface area contributed by atoms with Crippen molar-refractivity contribution in [3.8, 4) is 0 Å². The molecule has 0 aromatic heterocycles. The summed E-state index contributed by atoms with van der Waals surface area (Å²) in [5, 5.41) is 0.634. The van der Waals surface area contributed by atoms with Crippen molar-refractivity contribution < 1.29 is 4.79 Å². The van der Waals surface area contributed by atoms with Gasteiger partial charge in [-0.05, 0) is 30.2 Å². The highest BCUT2D eigenvalue weighted by molar-refractivity contribution is 6.32. The molecule has 0 unspecified atom stereocenters. The molecule has 0 N–H and O–H groups in total. The Hall–Kier alpha value is -2.91. The minimum Gasteiger partial charge on any atom is -0.310 e. The van der Waals surface area contributed by atoms with Crippen molar-refractivity contribution in [2.75, 3.05) is 18.0 Å². The molecule has 1 heterocycles. The van der Waals surface area contributed by atoms with Gasteiger partial charge in [0.15, 0.2) is 0 Å². The van der Waals surface area contributed by atoms with Crippen LogP contribution >= 0.6 is 11.6 Å². The highest BCUT2D eigenvalue weighted by Gasteiger charge is 2.25. The number of benzene rings is 3. The number of carbonyl (C=O) groups excluding carboxylic acids is 1. The SMILES string of the molecule is O=C1CN=C(c2ccccc2)c2cc(Cl)ccc2N1CCc1ccccc1. The molecule has 0 bridgehead atoms. The summed E-state index contributed by atoms with van der Waals surface area (Å²) >= 11 is 6.28. The van der Waals surface area contributed by atoms with Gasteiger partial charge in [-0.3, -0.25) is 9.79 Å². The Morgan fingerprint density at radius 3 is 2.37 bits per heavy atom. The monoisotopic (exact) mass is 374 g/mol. The molecule has 0 radical (unpaired) electrons. The fourth-order valence-corrected chi connectivity index (χ4v) is 3.53. The number of benzodiazepines with no additional fused rings is 1. The third-order valence-corrected chi connectivity index (χ3v) is 4.93. The van der Waals surface area contributed by atoms with Crippen LogP contribution in [0.4, 0.5) is 5.69 Å². The normalized spacial score (nSPS) is 13.7. The number of halogens is 1. The maximum atomic E-state index is 12.8. The molecule has 1 aliphatic heterocycles. The fraction of sp³-hybridized carbons (Fsp3) is 0.130. The number of amides is 1. The van der Waals surface area contributed by atoms with Crippen LogP contribution in [-0.4, -0.2) is 24.7 Å². The van der Waals surface area contributed by atoms with Crippen LogP contribution in [0.1, 0.15) is 16.7 Å². The van der Waals surface area contributed by atoms with E-state index in [1.807, 2.05) is 71.6 Å². The Morgan fingerprint density at radius 1 is 0.926 bits per heavy atom. The van der Waals surface area contributed by atoms with Crippen LogP contribution in [0.25, 0.3) is 0 Å². The van der Waals surface area contributed by atoms with Crippen molar-refractivity contribution in [2.45, 2.75) is 6.42 Å². The molecule has 27 heavy (non-hydrogen) atoms. The number of nitrogens with zero attached hydrogens (tertiary/aromatic N) is 2. The lowest BCUT2D eigenvalue weighted by molar-refractivity contribution is -0.117. The smallest absolute Gasteiger partial charge is 0.248 e. The molecule has 0 aliphatic carbocycles. The Morgan fingerprint density at radius 2 is 1.63 bits per heavy atom. The van der Waals surface area contributed by atoms with E-state index in [0.717, 1.165) is 28.9 Å². The minimum atomic E-state index is 0.000402. The number of hydrogen-bond acceptors (Lipinski definition) is 2. The quantitative estimate of drug-likeness (QED) is 0.647. The van der Waals surface area contributed by atoms with E-state index in [4.69, 9.17) is 11.6 Å². The van der Waals surface area contributed by atoms with Gasteiger partial charge >= 0.3 is 0 Å². The maximum absolute atomic E-state index is 12.8. The van der Waals surface area contributed by atoms with Gasteiger partial charge in [-0.15, -0.1) is 0 Å². The molecule has 4 heteroatoms. The van der Waals surface area contributed by atoms with Crippen LogP contribution < -0.4 is 4.90 Å². The lowest BCUT2D eigenvalue weighted by Crippen LogP contribution is -2.34. The predicted octanol–water partition coefficient (Wildman–Crippen LogP) is 4.77. The number of carbonyl (C=O) groups is 1. The summed E-state index contributed by atoms with van der Waals surface area (Å²) in [4.78, 5) is 19.3. The second-order valence-corrected chi connectivity index (χ2v) is 6.91. The molecule has 3 aromatic carbocycles. The molecule has 3 nitrogen and oxygen atoms in total. The Bertz CT molecular complexity index is 984. The fourth-order valence-electron chi connectivity index (χ4n) is 3.36. The van der Waals surface area contributed by atoms with Gasteiger partial charge in [0.25, 0.3) is 0 Å². The minimum absolute atomic E-state index is 0.000402. The third-order valence-electron chi connectivity index (χ3n) is 4.69. The number of hydrogen-bond donors (Lipinski definition) is 0. The second kappa shape index (κ2) is 7.77. The summed E-state index contributed by atoms with van der Waals surface area (Å²) in [7, 11) is 0. The van der Waals surface area contributed by atoms with Crippen LogP contribution in [-0.2, 0) is 11.2 Å². The molecule has 0 fully saturated rings. The van der Waals surface area contributed by atoms with Crippen LogP contribution in [0, 0.1) is 0 Å². The first-order valence-corrected chi connectivity index (χ1v) is 9.34. The molecule has 0 spiro atoms. The standard InChI is InChI=1S/C23H19ClN2O/c24-19-11-12-21-20(15-19)23(18-9-5-2-6-10-18)25-16-22(27)26(21)14-13-17-7-3-1-4-8-17/h1-12,15H,13-14,16H2. The molecule has 1 aliphatic rings. The van der Waals surface area contributed by atoms with Gasteiger partial charge in [0.2, 0.25) is 5.91 Å². The Kier molecular flexibility index (Phi) is 5.03. The first-order chi connectivity index (χ1) is 13.2. The number of anilines is 1. The van der Waals surface area contributed by atoms with Crippen molar-refractivity contribution in [3.63, 3.8) is 0 Å². The van der Waals surface area contributed by atoms with Gasteiger partial charge in [-0.25, -0.2) is 0 Å². The number of aliphatic imine (C=N–C) groups is 1. The average molecular weight is 375 g/mol. The van der Waals surface area contributed by atoms with Crippen molar-refractivity contribution in [2.24, 2.45) is 4.99 Å². The molecule has 3 aromatic rings. The lowest BCUT2D eigenvalue weighted by Gasteiger charge is -2.23. The molecule has 0 saturated carbocycles. The lowest BCUT2D eigenvalue weighted by atomic mass is 10.00. The molecule has 134 valence electrons. The summed E-state index contributed by atoms with van der Waals surface area (Å²) in [6, 6.07) is 25.8. The predicted molar refractivity (Wildman–Crippen MR) is 111 cm³/mol. The zero-order chi connectivity index (χ0) is 18.6. The Balaban J connectivity index is 1.73. The highest BCUT2D eigenvalue weighted by Crippen LogP contribution is 2.29. The topological polar surface area (TPSA) is 32.7 Å². The summed E-state index contributed by atoms with van der Waals surface area (Å²) in [5.41, 5.74) is 4.75. The van der Waals surface area contributed by atoms with E-state index in [-0.39, 0.29) is 12.5 Å². The van der Waals surface area contributed by atoms with E-state index in [2.05, 4.69) is 17.1 Å². The molecule has 0 atom stereocenters.